The van der Waals surface area contributed by atoms with Gasteiger partial charge in [-0.3, -0.25) is 4.79 Å². The Labute approximate surface area is 164 Å². The van der Waals surface area contributed by atoms with Gasteiger partial charge in [0.25, 0.3) is 5.91 Å². The summed E-state index contributed by atoms with van der Waals surface area (Å²) in [7, 11) is 0. The van der Waals surface area contributed by atoms with Crippen molar-refractivity contribution < 1.29 is 14.3 Å². The Morgan fingerprint density at radius 2 is 1.93 bits per heavy atom. The summed E-state index contributed by atoms with van der Waals surface area (Å²) in [5.41, 5.74) is 3.38. The fourth-order valence-electron chi connectivity index (χ4n) is 5.47. The van der Waals surface area contributed by atoms with Crippen LogP contribution in [0.3, 0.4) is 0 Å². The molecule has 1 saturated heterocycles. The van der Waals surface area contributed by atoms with Gasteiger partial charge in [-0.2, -0.15) is 0 Å². The van der Waals surface area contributed by atoms with Crippen LogP contribution in [0.5, 0.6) is 5.75 Å². The molecule has 0 spiro atoms. The van der Waals surface area contributed by atoms with E-state index in [2.05, 4.69) is 26.8 Å². The molecule has 144 valence electrons. The number of rotatable bonds is 1. The number of amides is 1. The monoisotopic (exact) mass is 375 g/mol. The lowest BCUT2D eigenvalue weighted by Gasteiger charge is -2.60. The highest BCUT2D eigenvalue weighted by atomic mass is 16.3. The van der Waals surface area contributed by atoms with Crippen molar-refractivity contribution >= 4 is 16.9 Å². The van der Waals surface area contributed by atoms with Crippen molar-refractivity contribution in [3.8, 4) is 5.75 Å². The molecule has 2 heterocycles. The quantitative estimate of drug-likeness (QED) is 0.659. The number of carbonyl (C=O) groups excluding carboxylic acids is 1. The van der Waals surface area contributed by atoms with Gasteiger partial charge in [-0.05, 0) is 41.5 Å². The van der Waals surface area contributed by atoms with Crippen LogP contribution in [0.15, 0.2) is 53.1 Å². The highest BCUT2D eigenvalue weighted by Gasteiger charge is 2.57. The summed E-state index contributed by atoms with van der Waals surface area (Å²) in [4.78, 5) is 15.6. The molecule has 1 fully saturated rings. The minimum Gasteiger partial charge on any atom is -0.508 e. The molecule has 1 N–H and O–H groups in total. The normalized spacial score (nSPS) is 25.5. The number of furan rings is 1. The van der Waals surface area contributed by atoms with Crippen LogP contribution in [0, 0.1) is 5.41 Å². The van der Waals surface area contributed by atoms with Gasteiger partial charge in [-0.1, -0.05) is 51.1 Å². The van der Waals surface area contributed by atoms with E-state index in [4.69, 9.17) is 4.42 Å². The third kappa shape index (κ3) is 2.09. The van der Waals surface area contributed by atoms with Gasteiger partial charge >= 0.3 is 0 Å². The first kappa shape index (κ1) is 17.4. The van der Waals surface area contributed by atoms with Gasteiger partial charge in [0, 0.05) is 23.4 Å². The number of piperidine rings is 1. The molecule has 28 heavy (non-hydrogen) atoms. The molecule has 2 aromatic carbocycles. The van der Waals surface area contributed by atoms with E-state index in [9.17, 15) is 9.90 Å². The average molecular weight is 375 g/mol. The maximum Gasteiger partial charge on any atom is 0.258 e. The van der Waals surface area contributed by atoms with Crippen molar-refractivity contribution in [2.24, 2.45) is 5.41 Å². The molecule has 2 aliphatic rings. The van der Waals surface area contributed by atoms with Crippen molar-refractivity contribution in [3.63, 3.8) is 0 Å². The first-order chi connectivity index (χ1) is 13.3. The summed E-state index contributed by atoms with van der Waals surface area (Å²) in [5.74, 6) is 0.358. The van der Waals surface area contributed by atoms with E-state index < -0.39 is 0 Å². The second-order valence-corrected chi connectivity index (χ2v) is 8.97. The van der Waals surface area contributed by atoms with Gasteiger partial charge in [0.05, 0.1) is 5.56 Å². The Kier molecular flexibility index (Phi) is 3.49. The second-order valence-electron chi connectivity index (χ2n) is 8.97. The molecule has 5 rings (SSSR count). The number of phenols is 1. The van der Waals surface area contributed by atoms with E-state index >= 15 is 0 Å². The maximum atomic E-state index is 13.6. The van der Waals surface area contributed by atoms with Crippen LogP contribution in [-0.2, 0) is 11.8 Å². The second kappa shape index (κ2) is 5.63. The minimum absolute atomic E-state index is 0.0175. The molecule has 4 nitrogen and oxygen atoms in total. The molecule has 0 saturated carbocycles. The highest BCUT2D eigenvalue weighted by Crippen LogP contribution is 2.57. The average Bonchev–Trinajstić information content (AvgIpc) is 3.09. The zero-order chi connectivity index (χ0) is 19.7. The van der Waals surface area contributed by atoms with Gasteiger partial charge in [0.1, 0.15) is 17.6 Å². The van der Waals surface area contributed by atoms with Gasteiger partial charge in [-0.25, -0.2) is 0 Å². The van der Waals surface area contributed by atoms with Gasteiger partial charge < -0.3 is 14.4 Å². The predicted molar refractivity (Wildman–Crippen MR) is 109 cm³/mol. The van der Waals surface area contributed by atoms with Crippen LogP contribution < -0.4 is 0 Å². The molecule has 1 amide bonds. The maximum absolute atomic E-state index is 13.6. The molecule has 2 atom stereocenters. The number of hydrogen-bond donors (Lipinski definition) is 1. The van der Waals surface area contributed by atoms with Gasteiger partial charge in [-0.15, -0.1) is 0 Å². The summed E-state index contributed by atoms with van der Waals surface area (Å²) < 4.78 is 5.62. The lowest BCUT2D eigenvalue weighted by Crippen LogP contribution is -2.64. The number of aromatic hydroxyl groups is 1. The standard InChI is InChI=1S/C24H25NO3/c1-23(2)21-13-16-18(8-6-9-19(16)26)24(23,3)11-12-25(21)22(27)17-14-28-20-10-5-4-7-15(17)20/h4-10,14,21,26H,11-13H2,1-3H3/t21-,24+/m1/s1. The van der Waals surface area contributed by atoms with Crippen LogP contribution in [0.4, 0.5) is 0 Å². The van der Waals surface area contributed by atoms with Crippen molar-refractivity contribution in [1.82, 2.24) is 4.90 Å². The fraction of sp³-hybridized carbons (Fsp3) is 0.375. The predicted octanol–water partition coefficient (Wildman–Crippen LogP) is 4.89. The zero-order valence-corrected chi connectivity index (χ0v) is 16.5. The van der Waals surface area contributed by atoms with E-state index in [0.29, 0.717) is 24.3 Å². The molecular weight excluding hydrogens is 350 g/mol. The number of fused-ring (bicyclic) bond motifs is 5. The van der Waals surface area contributed by atoms with Crippen LogP contribution in [0.1, 0.15) is 48.7 Å². The summed E-state index contributed by atoms with van der Waals surface area (Å²) >= 11 is 0. The molecule has 0 unspecified atom stereocenters. The van der Waals surface area contributed by atoms with Crippen LogP contribution in [-0.4, -0.2) is 28.5 Å². The summed E-state index contributed by atoms with van der Waals surface area (Å²) in [6.45, 7) is 7.51. The summed E-state index contributed by atoms with van der Waals surface area (Å²) in [6.07, 6.45) is 3.13. The highest BCUT2D eigenvalue weighted by molar-refractivity contribution is 6.06. The van der Waals surface area contributed by atoms with Crippen molar-refractivity contribution in [2.45, 2.75) is 45.1 Å². The largest absolute Gasteiger partial charge is 0.508 e. The molecule has 0 radical (unpaired) electrons. The van der Waals surface area contributed by atoms with Crippen molar-refractivity contribution in [2.75, 3.05) is 6.54 Å². The Morgan fingerprint density at radius 3 is 2.75 bits per heavy atom. The van der Waals surface area contributed by atoms with E-state index in [0.717, 1.165) is 23.0 Å². The Bertz CT molecular complexity index is 1100. The van der Waals surface area contributed by atoms with Gasteiger partial charge in [0.15, 0.2) is 0 Å². The number of likely N-dealkylation sites (tertiary alicyclic amines) is 1. The fourth-order valence-corrected chi connectivity index (χ4v) is 5.47. The smallest absolute Gasteiger partial charge is 0.258 e. The summed E-state index contributed by atoms with van der Waals surface area (Å²) in [6, 6.07) is 13.5. The van der Waals surface area contributed by atoms with Crippen molar-refractivity contribution in [3.05, 3.63) is 65.4 Å². The number of nitrogens with zero attached hydrogens (tertiary/aromatic N) is 1. The topological polar surface area (TPSA) is 53.7 Å². The number of phenolic OH excluding ortho intramolecular Hbond substituents is 1. The number of carbonyl (C=O) groups is 1. The third-order valence-electron chi connectivity index (χ3n) is 7.60. The molecular formula is C24H25NO3. The molecule has 1 aliphatic carbocycles. The van der Waals surface area contributed by atoms with Gasteiger partial charge in [0.2, 0.25) is 0 Å². The molecule has 4 heteroatoms. The SMILES string of the molecule is CC1(C)[C@H]2Cc3c(O)cccc3[C@]1(C)CCN2C(=O)c1coc2ccccc12. The Morgan fingerprint density at radius 1 is 1.14 bits per heavy atom. The van der Waals surface area contributed by atoms with Crippen LogP contribution in [0.25, 0.3) is 11.0 Å². The summed E-state index contributed by atoms with van der Waals surface area (Å²) in [5, 5.41) is 11.4. The molecule has 1 aromatic heterocycles. The molecule has 3 aromatic rings. The molecule has 2 bridgehead atoms. The number of hydrogen-bond acceptors (Lipinski definition) is 3. The van der Waals surface area contributed by atoms with Crippen LogP contribution in [0.2, 0.25) is 0 Å². The van der Waals surface area contributed by atoms with E-state index in [1.807, 2.05) is 35.2 Å². The van der Waals surface area contributed by atoms with E-state index in [-0.39, 0.29) is 22.8 Å². The first-order valence-corrected chi connectivity index (χ1v) is 9.93. The first-order valence-electron chi connectivity index (χ1n) is 9.93. The van der Waals surface area contributed by atoms with Crippen molar-refractivity contribution in [1.29, 1.82) is 0 Å². The Balaban J connectivity index is 1.61. The molecule has 1 aliphatic heterocycles. The number of para-hydroxylation sites is 1. The minimum atomic E-state index is -0.110. The zero-order valence-electron chi connectivity index (χ0n) is 16.5. The van der Waals surface area contributed by atoms with E-state index in [1.165, 1.54) is 5.56 Å². The van der Waals surface area contributed by atoms with E-state index in [1.54, 1.807) is 12.3 Å². The lowest BCUT2D eigenvalue weighted by atomic mass is 9.51. The third-order valence-corrected chi connectivity index (χ3v) is 7.60. The number of benzene rings is 2. The Hall–Kier alpha value is -2.75. The lowest BCUT2D eigenvalue weighted by molar-refractivity contribution is -0.0266. The van der Waals surface area contributed by atoms with Crippen LogP contribution >= 0.6 is 0 Å².